The smallest absolute Gasteiger partial charge is 0.336 e. The maximum absolute atomic E-state index is 11.4. The fraction of sp³-hybridized carbons (Fsp3) is 0.158. The van der Waals surface area contributed by atoms with Gasteiger partial charge in [-0.25, -0.2) is 19.2 Å². The first kappa shape index (κ1) is 19.6. The Labute approximate surface area is 156 Å². The Balaban J connectivity index is 0.00000392. The highest BCUT2D eigenvalue weighted by atomic mass is 16.4. The van der Waals surface area contributed by atoms with Crippen LogP contribution >= 0.6 is 0 Å². The Kier molecular flexibility index (Phi) is 5.03. The van der Waals surface area contributed by atoms with Gasteiger partial charge < -0.3 is 20.4 Å². The molecule has 2 aromatic rings. The molecule has 0 heterocycles. The fourth-order valence-corrected chi connectivity index (χ4v) is 2.76. The van der Waals surface area contributed by atoms with Crippen LogP contribution in [0.1, 0.15) is 69.3 Å². The first-order valence-electron chi connectivity index (χ1n) is 7.69. The third-order valence-corrected chi connectivity index (χ3v) is 4.40. The SMILES string of the molecule is CC(C)(c1ccc(C(=O)O)c(C(=O)O)c1)c1ccc(C(=O)O)c(C(=O)O)c1.[HH].[HH]. The van der Waals surface area contributed by atoms with Gasteiger partial charge in [-0.05, 0) is 35.4 Å². The van der Waals surface area contributed by atoms with Crippen LogP contribution in [0.3, 0.4) is 0 Å². The molecule has 0 atom stereocenters. The van der Waals surface area contributed by atoms with Crippen LogP contribution in [-0.4, -0.2) is 44.3 Å². The van der Waals surface area contributed by atoms with Gasteiger partial charge in [0.25, 0.3) is 0 Å². The molecule has 0 saturated carbocycles. The van der Waals surface area contributed by atoms with Crippen molar-refractivity contribution in [3.63, 3.8) is 0 Å². The predicted octanol–water partition coefficient (Wildman–Crippen LogP) is 3.30. The van der Waals surface area contributed by atoms with E-state index in [-0.39, 0.29) is 14.0 Å². The summed E-state index contributed by atoms with van der Waals surface area (Å²) in [6, 6.07) is 7.68. The zero-order valence-corrected chi connectivity index (χ0v) is 14.4. The lowest BCUT2D eigenvalue weighted by molar-refractivity contribution is 0.0651. The van der Waals surface area contributed by atoms with Gasteiger partial charge in [-0.3, -0.25) is 0 Å². The molecule has 2 aromatic carbocycles. The van der Waals surface area contributed by atoms with Gasteiger partial charge in [0.15, 0.2) is 0 Å². The summed E-state index contributed by atoms with van der Waals surface area (Å²) in [7, 11) is 0. The molecule has 2 rings (SSSR count). The second-order valence-electron chi connectivity index (χ2n) is 6.37. The number of hydrogen-bond acceptors (Lipinski definition) is 4. The van der Waals surface area contributed by atoms with E-state index >= 15 is 0 Å². The molecule has 0 radical (unpaired) electrons. The molecular weight excluding hydrogens is 356 g/mol. The number of carboxylic acids is 4. The van der Waals surface area contributed by atoms with Crippen LogP contribution in [0.25, 0.3) is 0 Å². The first-order chi connectivity index (χ1) is 12.5. The Hall–Kier alpha value is -3.68. The summed E-state index contributed by atoms with van der Waals surface area (Å²) in [6.45, 7) is 3.38. The van der Waals surface area contributed by atoms with Crippen molar-refractivity contribution in [1.82, 2.24) is 0 Å². The Morgan fingerprint density at radius 2 is 0.926 bits per heavy atom. The Bertz CT molecular complexity index is 905. The molecule has 8 nitrogen and oxygen atoms in total. The van der Waals surface area contributed by atoms with E-state index < -0.39 is 40.4 Å². The van der Waals surface area contributed by atoms with Crippen molar-refractivity contribution < 1.29 is 42.5 Å². The van der Waals surface area contributed by atoms with Crippen LogP contribution in [-0.2, 0) is 5.41 Å². The van der Waals surface area contributed by atoms with Gasteiger partial charge in [-0.1, -0.05) is 26.0 Å². The standard InChI is InChI=1S/C19H16O8.2H2/c1-19(2,9-3-5-11(15(20)21)13(7-9)17(24)25)10-4-6-12(16(22)23)14(8-10)18(26)27;;/h3-8H,1-2H3,(H,20,21)(H,22,23)(H,24,25)(H,26,27);2*1H. The second-order valence-corrected chi connectivity index (χ2v) is 6.37. The lowest BCUT2D eigenvalue weighted by Gasteiger charge is -2.27. The Morgan fingerprint density at radius 3 is 1.19 bits per heavy atom. The number of carbonyl (C=O) groups is 4. The van der Waals surface area contributed by atoms with Gasteiger partial charge >= 0.3 is 23.9 Å². The molecule has 27 heavy (non-hydrogen) atoms. The van der Waals surface area contributed by atoms with Crippen LogP contribution in [0.15, 0.2) is 36.4 Å². The first-order valence-corrected chi connectivity index (χ1v) is 7.69. The van der Waals surface area contributed by atoms with Crippen molar-refractivity contribution in [2.24, 2.45) is 0 Å². The summed E-state index contributed by atoms with van der Waals surface area (Å²) in [6.07, 6.45) is 0. The fourth-order valence-electron chi connectivity index (χ4n) is 2.76. The van der Waals surface area contributed by atoms with Crippen LogP contribution in [0, 0.1) is 0 Å². The summed E-state index contributed by atoms with van der Waals surface area (Å²) in [5.74, 6) is -5.57. The van der Waals surface area contributed by atoms with Gasteiger partial charge in [0.2, 0.25) is 0 Å². The number of hydrogen-bond donors (Lipinski definition) is 4. The molecule has 0 aliphatic rings. The molecule has 4 N–H and O–H groups in total. The molecule has 8 heteroatoms. The number of aromatic carboxylic acids is 4. The van der Waals surface area contributed by atoms with Gasteiger partial charge in [-0.15, -0.1) is 0 Å². The quantitative estimate of drug-likeness (QED) is 0.600. The topological polar surface area (TPSA) is 149 Å². The molecular formula is C19H20O8. The zero-order chi connectivity index (χ0) is 20.5. The van der Waals surface area contributed by atoms with Crippen LogP contribution in [0.2, 0.25) is 0 Å². The van der Waals surface area contributed by atoms with Gasteiger partial charge in [-0.2, -0.15) is 0 Å². The molecule has 0 aliphatic carbocycles. The van der Waals surface area contributed by atoms with Crippen molar-refractivity contribution in [3.8, 4) is 0 Å². The number of rotatable bonds is 6. The van der Waals surface area contributed by atoms with Crippen molar-refractivity contribution in [2.75, 3.05) is 0 Å². The monoisotopic (exact) mass is 376 g/mol. The average molecular weight is 376 g/mol. The van der Waals surface area contributed by atoms with Gasteiger partial charge in [0.05, 0.1) is 22.3 Å². The number of carboxylic acid groups (broad SMARTS) is 4. The van der Waals surface area contributed by atoms with Crippen molar-refractivity contribution >= 4 is 23.9 Å². The van der Waals surface area contributed by atoms with E-state index in [0.717, 1.165) is 0 Å². The van der Waals surface area contributed by atoms with E-state index in [1.54, 1.807) is 13.8 Å². The largest absolute Gasteiger partial charge is 0.478 e. The third-order valence-electron chi connectivity index (χ3n) is 4.40. The molecule has 144 valence electrons. The maximum Gasteiger partial charge on any atom is 0.336 e. The van der Waals surface area contributed by atoms with Crippen LogP contribution in [0.4, 0.5) is 0 Å². The van der Waals surface area contributed by atoms with Gasteiger partial charge in [0.1, 0.15) is 0 Å². The minimum atomic E-state index is -1.41. The molecule has 0 amide bonds. The van der Waals surface area contributed by atoms with E-state index in [9.17, 15) is 29.4 Å². The summed E-state index contributed by atoms with van der Waals surface area (Å²) < 4.78 is 0. The molecule has 0 unspecified atom stereocenters. The zero-order valence-electron chi connectivity index (χ0n) is 14.4. The lowest BCUT2D eigenvalue weighted by Crippen LogP contribution is -2.22. The molecule has 0 fully saturated rings. The highest BCUT2D eigenvalue weighted by Crippen LogP contribution is 2.34. The minimum absolute atomic E-state index is 0. The molecule has 0 bridgehead atoms. The van der Waals surface area contributed by atoms with E-state index in [4.69, 9.17) is 10.2 Å². The summed E-state index contributed by atoms with van der Waals surface area (Å²) in [5.41, 5.74) is -1.57. The predicted molar refractivity (Wildman–Crippen MR) is 97.1 cm³/mol. The van der Waals surface area contributed by atoms with Crippen molar-refractivity contribution in [3.05, 3.63) is 69.8 Å². The van der Waals surface area contributed by atoms with Crippen molar-refractivity contribution in [1.29, 1.82) is 0 Å². The minimum Gasteiger partial charge on any atom is -0.478 e. The number of benzene rings is 2. The Morgan fingerprint density at radius 1 is 0.630 bits per heavy atom. The molecule has 0 saturated heterocycles. The van der Waals surface area contributed by atoms with E-state index in [2.05, 4.69) is 0 Å². The second kappa shape index (κ2) is 6.91. The highest BCUT2D eigenvalue weighted by Gasteiger charge is 2.28. The summed E-state index contributed by atoms with van der Waals surface area (Å²) in [5, 5.41) is 36.8. The van der Waals surface area contributed by atoms with E-state index in [1.165, 1.54) is 36.4 Å². The lowest BCUT2D eigenvalue weighted by atomic mass is 9.76. The third kappa shape index (κ3) is 3.64. The molecule has 0 aromatic heterocycles. The van der Waals surface area contributed by atoms with Crippen LogP contribution in [0.5, 0.6) is 0 Å². The van der Waals surface area contributed by atoms with Crippen LogP contribution < -0.4 is 0 Å². The van der Waals surface area contributed by atoms with E-state index in [1.807, 2.05) is 0 Å². The molecule has 0 spiro atoms. The molecule has 0 aliphatic heterocycles. The summed E-state index contributed by atoms with van der Waals surface area (Å²) in [4.78, 5) is 45.2. The average Bonchev–Trinajstić information content (AvgIpc) is 2.60. The van der Waals surface area contributed by atoms with E-state index in [0.29, 0.717) is 11.1 Å². The maximum atomic E-state index is 11.4. The normalized spacial score (nSPS) is 11.0. The van der Waals surface area contributed by atoms with Crippen molar-refractivity contribution in [2.45, 2.75) is 19.3 Å². The van der Waals surface area contributed by atoms with Gasteiger partial charge in [0, 0.05) is 8.27 Å². The highest BCUT2D eigenvalue weighted by molar-refractivity contribution is 6.02. The summed E-state index contributed by atoms with van der Waals surface area (Å²) >= 11 is 0.